The molecule has 11 nitrogen and oxygen atoms in total. The number of aryl methyl sites for hydroxylation is 1. The molecule has 40 heavy (non-hydrogen) atoms. The van der Waals surface area contributed by atoms with Crippen LogP contribution in [0.2, 0.25) is 0 Å². The number of halogens is 1. The van der Waals surface area contributed by atoms with Gasteiger partial charge in [-0.1, -0.05) is 17.3 Å². The molecule has 1 aromatic carbocycles. The third kappa shape index (κ3) is 5.81. The number of fused-ring (bicyclic) bond motifs is 1. The normalized spacial score (nSPS) is 18.2. The minimum atomic E-state index is -0.396. The first kappa shape index (κ1) is 27.3. The Balaban J connectivity index is 1.43. The number of ether oxygens (including phenoxy) is 2. The highest BCUT2D eigenvalue weighted by atomic mass is 19.1. The van der Waals surface area contributed by atoms with Gasteiger partial charge in [0.05, 0.1) is 41.9 Å². The van der Waals surface area contributed by atoms with Gasteiger partial charge in [0, 0.05) is 38.2 Å². The molecule has 5 rings (SSSR count). The van der Waals surface area contributed by atoms with Crippen molar-refractivity contribution in [1.82, 2.24) is 25.2 Å². The van der Waals surface area contributed by atoms with Crippen LogP contribution in [0.4, 0.5) is 10.3 Å². The van der Waals surface area contributed by atoms with Crippen molar-refractivity contribution in [2.45, 2.75) is 38.3 Å². The number of methoxy groups -OCH3 is 2. The van der Waals surface area contributed by atoms with E-state index in [9.17, 15) is 9.18 Å². The fourth-order valence-electron chi connectivity index (χ4n) is 5.17. The molecule has 2 aliphatic heterocycles. The number of nitrogens with two attached hydrogens (primary N) is 1. The number of amides is 1. The highest BCUT2D eigenvalue weighted by molar-refractivity contribution is 6.01. The third-order valence-corrected chi connectivity index (χ3v) is 7.20. The zero-order valence-corrected chi connectivity index (χ0v) is 22.7. The molecule has 4 heterocycles. The summed E-state index contributed by atoms with van der Waals surface area (Å²) in [5.41, 5.74) is 9.84. The number of hydrogen-bond acceptors (Lipinski definition) is 9. The lowest BCUT2D eigenvalue weighted by Gasteiger charge is -2.31. The summed E-state index contributed by atoms with van der Waals surface area (Å²) < 4.78 is 25.1. The molecule has 3 aromatic rings. The number of anilines is 1. The smallest absolute Gasteiger partial charge is 0.263 e. The van der Waals surface area contributed by atoms with Crippen molar-refractivity contribution in [3.8, 4) is 17.1 Å². The highest BCUT2D eigenvalue weighted by Crippen LogP contribution is 2.34. The number of carbonyl (C=O) groups is 1. The predicted octanol–water partition coefficient (Wildman–Crippen LogP) is 2.78. The van der Waals surface area contributed by atoms with E-state index in [-0.39, 0.29) is 30.6 Å². The first-order valence-electron chi connectivity index (χ1n) is 13.1. The lowest BCUT2D eigenvalue weighted by Crippen LogP contribution is -2.42. The summed E-state index contributed by atoms with van der Waals surface area (Å²) in [6.07, 6.45) is 2.17. The Labute approximate surface area is 231 Å². The van der Waals surface area contributed by atoms with Gasteiger partial charge in [-0.2, -0.15) is 0 Å². The molecule has 0 bridgehead atoms. The lowest BCUT2D eigenvalue weighted by atomic mass is 9.90. The number of hydrogen-bond donors (Lipinski definition) is 2. The number of nitrogen functional groups attached to an aromatic ring is 1. The Morgan fingerprint density at radius 2 is 1.98 bits per heavy atom. The summed E-state index contributed by atoms with van der Waals surface area (Å²) in [6.45, 7) is 2.81. The van der Waals surface area contributed by atoms with Crippen LogP contribution in [0.1, 0.15) is 41.4 Å². The van der Waals surface area contributed by atoms with Gasteiger partial charge in [0.25, 0.3) is 5.91 Å². The fourth-order valence-corrected chi connectivity index (χ4v) is 5.17. The number of rotatable bonds is 7. The standard InChI is InChI=1S/C28H32FN7O4/c1-16-26-23(34-28(30)31-16)14-22(19-8-7-17(29)13-20(19)21-5-4-6-24(32-21)39-3)33-27(26)35-40-15-25(37)36-11-9-18(38-2)10-12-36/h4-8,13,18,22H,9-12,14-15H2,1-3H3,(H,33,35)(H2,30,31,34). The second-order valence-electron chi connectivity index (χ2n) is 9.72. The first-order chi connectivity index (χ1) is 19.4. The van der Waals surface area contributed by atoms with Crippen LogP contribution in [0, 0.1) is 12.7 Å². The van der Waals surface area contributed by atoms with Crippen molar-refractivity contribution in [3.63, 3.8) is 0 Å². The van der Waals surface area contributed by atoms with Crippen LogP contribution in [0.15, 0.2) is 41.6 Å². The zero-order valence-electron chi connectivity index (χ0n) is 22.7. The van der Waals surface area contributed by atoms with Crippen LogP contribution in [0.25, 0.3) is 11.3 Å². The molecule has 1 amide bonds. The minimum Gasteiger partial charge on any atom is -0.481 e. The molecular weight excluding hydrogens is 517 g/mol. The molecule has 3 N–H and O–H groups in total. The summed E-state index contributed by atoms with van der Waals surface area (Å²) in [5.74, 6) is 0.371. The van der Waals surface area contributed by atoms with E-state index in [0.717, 1.165) is 18.4 Å². The van der Waals surface area contributed by atoms with Gasteiger partial charge in [0.15, 0.2) is 12.4 Å². The van der Waals surface area contributed by atoms with Crippen molar-refractivity contribution < 1.29 is 23.5 Å². The van der Waals surface area contributed by atoms with E-state index in [1.807, 2.05) is 6.92 Å². The number of nitrogens with zero attached hydrogens (tertiary/aromatic N) is 5. The summed E-state index contributed by atoms with van der Waals surface area (Å²) in [5, 5.41) is 7.70. The van der Waals surface area contributed by atoms with E-state index < -0.39 is 5.82 Å². The number of likely N-dealkylation sites (tertiary alicyclic amines) is 1. The number of pyridine rings is 1. The second-order valence-corrected chi connectivity index (χ2v) is 9.72. The molecule has 1 unspecified atom stereocenters. The number of oxime groups is 1. The molecular formula is C28H32FN7O4. The SMILES string of the molecule is COc1cccc(-c2cc(F)ccc2C2Cc3nc(N)nc(C)c3/C(=N/OCC(=O)N3CCC(OC)CC3)N2)n1. The van der Waals surface area contributed by atoms with Gasteiger partial charge in [0.1, 0.15) is 5.82 Å². The molecule has 1 atom stereocenters. The maximum absolute atomic E-state index is 14.4. The number of carbonyl (C=O) groups excluding carboxylic acids is 1. The summed E-state index contributed by atoms with van der Waals surface area (Å²) in [7, 11) is 3.21. The molecule has 0 radical (unpaired) electrons. The van der Waals surface area contributed by atoms with Gasteiger partial charge in [-0.05, 0) is 43.5 Å². The maximum atomic E-state index is 14.4. The second kappa shape index (κ2) is 11.8. The molecule has 0 spiro atoms. The molecule has 12 heteroatoms. The molecule has 0 saturated carbocycles. The summed E-state index contributed by atoms with van der Waals surface area (Å²) in [6, 6.07) is 9.48. The molecule has 2 aliphatic rings. The minimum absolute atomic E-state index is 0.139. The number of amidine groups is 1. The van der Waals surface area contributed by atoms with Gasteiger partial charge in [0.2, 0.25) is 11.8 Å². The van der Waals surface area contributed by atoms with Crippen LogP contribution in [-0.2, 0) is 20.8 Å². The Bertz CT molecular complexity index is 1430. The molecule has 1 fully saturated rings. The van der Waals surface area contributed by atoms with E-state index >= 15 is 0 Å². The fraction of sp³-hybridized carbons (Fsp3) is 0.393. The molecule has 0 aliphatic carbocycles. The monoisotopic (exact) mass is 549 g/mol. The van der Waals surface area contributed by atoms with Crippen LogP contribution in [-0.4, -0.2) is 71.6 Å². The van der Waals surface area contributed by atoms with Crippen molar-refractivity contribution in [1.29, 1.82) is 0 Å². The lowest BCUT2D eigenvalue weighted by molar-refractivity contribution is -0.138. The predicted molar refractivity (Wildman–Crippen MR) is 146 cm³/mol. The Morgan fingerprint density at radius 3 is 2.73 bits per heavy atom. The van der Waals surface area contributed by atoms with Crippen molar-refractivity contribution in [2.75, 3.05) is 39.6 Å². The van der Waals surface area contributed by atoms with E-state index in [1.165, 1.54) is 19.2 Å². The Hall–Kier alpha value is -4.32. The Morgan fingerprint density at radius 1 is 1.18 bits per heavy atom. The van der Waals surface area contributed by atoms with Gasteiger partial charge >= 0.3 is 0 Å². The van der Waals surface area contributed by atoms with Gasteiger partial charge in [-0.3, -0.25) is 4.79 Å². The summed E-state index contributed by atoms with van der Waals surface area (Å²) in [4.78, 5) is 33.3. The van der Waals surface area contributed by atoms with Crippen LogP contribution in [0.5, 0.6) is 5.88 Å². The van der Waals surface area contributed by atoms with E-state index in [1.54, 1.807) is 36.3 Å². The average Bonchev–Trinajstić information content (AvgIpc) is 2.96. The van der Waals surface area contributed by atoms with Gasteiger partial charge in [-0.15, -0.1) is 0 Å². The number of aromatic nitrogens is 3. The van der Waals surface area contributed by atoms with E-state index in [2.05, 4.69) is 25.4 Å². The zero-order chi connectivity index (χ0) is 28.2. The number of piperidine rings is 1. The quantitative estimate of drug-likeness (QED) is 0.426. The van der Waals surface area contributed by atoms with E-state index in [0.29, 0.717) is 59.4 Å². The molecule has 2 aromatic heterocycles. The number of benzene rings is 1. The largest absolute Gasteiger partial charge is 0.481 e. The topological polar surface area (TPSA) is 137 Å². The average molecular weight is 550 g/mol. The maximum Gasteiger partial charge on any atom is 0.263 e. The van der Waals surface area contributed by atoms with Crippen LogP contribution < -0.4 is 15.8 Å². The van der Waals surface area contributed by atoms with Crippen molar-refractivity contribution >= 4 is 17.7 Å². The van der Waals surface area contributed by atoms with E-state index in [4.69, 9.17) is 20.0 Å². The van der Waals surface area contributed by atoms with Crippen molar-refractivity contribution in [3.05, 3.63) is 64.7 Å². The van der Waals surface area contributed by atoms with Crippen LogP contribution >= 0.6 is 0 Å². The summed E-state index contributed by atoms with van der Waals surface area (Å²) >= 11 is 0. The van der Waals surface area contributed by atoms with Gasteiger partial charge in [-0.25, -0.2) is 19.3 Å². The third-order valence-electron chi connectivity index (χ3n) is 7.20. The number of nitrogens with one attached hydrogen (secondary N) is 1. The first-order valence-corrected chi connectivity index (χ1v) is 13.1. The molecule has 210 valence electrons. The highest BCUT2D eigenvalue weighted by Gasteiger charge is 2.31. The van der Waals surface area contributed by atoms with Crippen LogP contribution in [0.3, 0.4) is 0 Å². The van der Waals surface area contributed by atoms with Crippen molar-refractivity contribution in [2.24, 2.45) is 5.16 Å². The Kier molecular flexibility index (Phi) is 8.06. The molecule has 1 saturated heterocycles. The van der Waals surface area contributed by atoms with Gasteiger partial charge < -0.3 is 30.3 Å².